The molecule has 13 heavy (non-hydrogen) atoms. The number of aliphatic hydroxyl groups excluding tert-OH is 1. The van der Waals surface area contributed by atoms with Crippen molar-refractivity contribution in [1.82, 2.24) is 0 Å². The number of carbonyl (C=O) groups excluding carboxylic acids is 1. The summed E-state index contributed by atoms with van der Waals surface area (Å²) in [5.41, 5.74) is 0.942. The first kappa shape index (κ1) is 8.75. The summed E-state index contributed by atoms with van der Waals surface area (Å²) in [6.45, 7) is 4.08. The van der Waals surface area contributed by atoms with E-state index in [1.165, 1.54) is 0 Å². The van der Waals surface area contributed by atoms with Crippen LogP contribution in [0.4, 0.5) is 0 Å². The molecule has 3 heteroatoms. The van der Waals surface area contributed by atoms with E-state index in [4.69, 9.17) is 4.74 Å². The number of hydrogen-bond donors (Lipinski definition) is 1. The lowest BCUT2D eigenvalue weighted by atomic mass is 9.71. The SMILES string of the molecule is CC1(C)C[C@H](O)C[C@H]2OC(=O)C=C21. The minimum Gasteiger partial charge on any atom is -0.455 e. The maximum atomic E-state index is 11.0. The normalized spacial score (nSPS) is 36.5. The Morgan fingerprint density at radius 1 is 1.62 bits per heavy atom. The van der Waals surface area contributed by atoms with Crippen LogP contribution in [0.3, 0.4) is 0 Å². The number of rotatable bonds is 0. The largest absolute Gasteiger partial charge is 0.455 e. The lowest BCUT2D eigenvalue weighted by molar-refractivity contribution is -0.140. The van der Waals surface area contributed by atoms with Gasteiger partial charge in [0.25, 0.3) is 0 Å². The van der Waals surface area contributed by atoms with E-state index < -0.39 is 0 Å². The molecule has 0 aromatic carbocycles. The van der Waals surface area contributed by atoms with Gasteiger partial charge in [0.2, 0.25) is 0 Å². The molecule has 1 fully saturated rings. The predicted octanol–water partition coefficient (Wildman–Crippen LogP) is 1.02. The smallest absolute Gasteiger partial charge is 0.331 e. The van der Waals surface area contributed by atoms with Crippen molar-refractivity contribution in [1.29, 1.82) is 0 Å². The highest BCUT2D eigenvalue weighted by molar-refractivity contribution is 5.86. The quantitative estimate of drug-likeness (QED) is 0.569. The molecule has 72 valence electrons. The first-order chi connectivity index (χ1) is 5.99. The zero-order chi connectivity index (χ0) is 9.64. The van der Waals surface area contributed by atoms with Crippen LogP contribution in [0.5, 0.6) is 0 Å². The fourth-order valence-corrected chi connectivity index (χ4v) is 2.30. The van der Waals surface area contributed by atoms with Gasteiger partial charge in [-0.25, -0.2) is 4.79 Å². The summed E-state index contributed by atoms with van der Waals surface area (Å²) in [7, 11) is 0. The van der Waals surface area contributed by atoms with Gasteiger partial charge < -0.3 is 9.84 Å². The van der Waals surface area contributed by atoms with E-state index in [9.17, 15) is 9.90 Å². The Hall–Kier alpha value is -0.830. The van der Waals surface area contributed by atoms with Crippen molar-refractivity contribution in [2.75, 3.05) is 0 Å². The number of hydrogen-bond acceptors (Lipinski definition) is 3. The van der Waals surface area contributed by atoms with Crippen molar-refractivity contribution >= 4 is 5.97 Å². The average molecular weight is 182 g/mol. The molecule has 0 bridgehead atoms. The number of esters is 1. The van der Waals surface area contributed by atoms with Crippen LogP contribution in [0.2, 0.25) is 0 Å². The third-order valence-corrected chi connectivity index (χ3v) is 2.89. The third-order valence-electron chi connectivity index (χ3n) is 2.89. The Morgan fingerprint density at radius 2 is 2.31 bits per heavy atom. The van der Waals surface area contributed by atoms with Crippen LogP contribution in [0.25, 0.3) is 0 Å². The van der Waals surface area contributed by atoms with Crippen molar-refractivity contribution in [3.8, 4) is 0 Å². The van der Waals surface area contributed by atoms with Crippen LogP contribution in [0, 0.1) is 5.41 Å². The van der Waals surface area contributed by atoms with Crippen LogP contribution >= 0.6 is 0 Å². The van der Waals surface area contributed by atoms with Gasteiger partial charge in [-0.15, -0.1) is 0 Å². The lowest BCUT2D eigenvalue weighted by Gasteiger charge is -2.37. The molecule has 3 nitrogen and oxygen atoms in total. The second kappa shape index (κ2) is 2.58. The fraction of sp³-hybridized carbons (Fsp3) is 0.700. The van der Waals surface area contributed by atoms with E-state index in [1.54, 1.807) is 6.08 Å². The molecule has 2 atom stereocenters. The number of ether oxygens (including phenoxy) is 1. The van der Waals surface area contributed by atoms with Crippen molar-refractivity contribution in [3.05, 3.63) is 11.6 Å². The zero-order valence-corrected chi connectivity index (χ0v) is 7.91. The molecule has 0 radical (unpaired) electrons. The molecule has 2 rings (SSSR count). The number of fused-ring (bicyclic) bond motifs is 1. The minimum atomic E-state index is -0.344. The van der Waals surface area contributed by atoms with E-state index in [1.807, 2.05) is 13.8 Å². The predicted molar refractivity (Wildman–Crippen MR) is 47.0 cm³/mol. The zero-order valence-electron chi connectivity index (χ0n) is 7.91. The highest BCUT2D eigenvalue weighted by Gasteiger charge is 2.42. The van der Waals surface area contributed by atoms with Gasteiger partial charge in [-0.3, -0.25) is 0 Å². The van der Waals surface area contributed by atoms with Gasteiger partial charge in [0.15, 0.2) is 0 Å². The molecule has 0 aromatic heterocycles. The van der Waals surface area contributed by atoms with E-state index in [0.29, 0.717) is 12.8 Å². The van der Waals surface area contributed by atoms with Gasteiger partial charge in [0.05, 0.1) is 6.10 Å². The number of aliphatic hydroxyl groups is 1. The van der Waals surface area contributed by atoms with Crippen LogP contribution in [-0.2, 0) is 9.53 Å². The van der Waals surface area contributed by atoms with Crippen LogP contribution in [0.15, 0.2) is 11.6 Å². The Labute approximate surface area is 77.4 Å². The first-order valence-corrected chi connectivity index (χ1v) is 4.60. The summed E-state index contributed by atoms with van der Waals surface area (Å²) in [6.07, 6.45) is 2.33. The third kappa shape index (κ3) is 1.37. The van der Waals surface area contributed by atoms with Crippen LogP contribution < -0.4 is 0 Å². The van der Waals surface area contributed by atoms with Gasteiger partial charge >= 0.3 is 5.97 Å². The van der Waals surface area contributed by atoms with Crippen LogP contribution in [-0.4, -0.2) is 23.3 Å². The second-order valence-electron chi connectivity index (χ2n) is 4.50. The molecule has 1 N–H and O–H groups in total. The van der Waals surface area contributed by atoms with Crippen LogP contribution in [0.1, 0.15) is 26.7 Å². The number of carbonyl (C=O) groups is 1. The van der Waals surface area contributed by atoms with Crippen molar-refractivity contribution in [2.45, 2.75) is 38.9 Å². The fourth-order valence-electron chi connectivity index (χ4n) is 2.30. The topological polar surface area (TPSA) is 46.5 Å². The summed E-state index contributed by atoms with van der Waals surface area (Å²) in [6, 6.07) is 0. The highest BCUT2D eigenvalue weighted by atomic mass is 16.5. The molecule has 0 unspecified atom stereocenters. The maximum absolute atomic E-state index is 11.0. The molecule has 2 aliphatic rings. The summed E-state index contributed by atoms with van der Waals surface area (Å²) in [4.78, 5) is 11.0. The van der Waals surface area contributed by atoms with Gasteiger partial charge in [-0.05, 0) is 17.4 Å². The van der Waals surface area contributed by atoms with Crippen molar-refractivity contribution in [2.24, 2.45) is 5.41 Å². The van der Waals surface area contributed by atoms with Crippen molar-refractivity contribution < 1.29 is 14.6 Å². The Kier molecular flexibility index (Phi) is 1.74. The molecule has 1 saturated carbocycles. The highest BCUT2D eigenvalue weighted by Crippen LogP contribution is 2.43. The Bertz CT molecular complexity index is 278. The van der Waals surface area contributed by atoms with E-state index in [2.05, 4.69) is 0 Å². The summed E-state index contributed by atoms with van der Waals surface area (Å²) in [5.74, 6) is -0.262. The molecular weight excluding hydrogens is 168 g/mol. The monoisotopic (exact) mass is 182 g/mol. The maximum Gasteiger partial charge on any atom is 0.331 e. The van der Waals surface area contributed by atoms with Gasteiger partial charge in [0, 0.05) is 12.5 Å². The second-order valence-corrected chi connectivity index (χ2v) is 4.50. The molecule has 0 aromatic rings. The van der Waals surface area contributed by atoms with Gasteiger partial charge in [0.1, 0.15) is 6.10 Å². The molecule has 1 aliphatic carbocycles. The molecule has 0 spiro atoms. The summed E-state index contributed by atoms with van der Waals surface area (Å²) in [5, 5.41) is 9.56. The molecule has 0 amide bonds. The molecular formula is C10H14O3. The van der Waals surface area contributed by atoms with E-state index >= 15 is 0 Å². The van der Waals surface area contributed by atoms with E-state index in [-0.39, 0.29) is 23.6 Å². The van der Waals surface area contributed by atoms with E-state index in [0.717, 1.165) is 5.57 Å². The Balaban J connectivity index is 2.31. The summed E-state index contributed by atoms with van der Waals surface area (Å²) < 4.78 is 5.08. The Morgan fingerprint density at radius 3 is 3.00 bits per heavy atom. The molecule has 0 saturated heterocycles. The standard InChI is InChI=1S/C10H14O3/c1-10(2)5-6(11)3-8-7(10)4-9(12)13-8/h4,6,8,11H,3,5H2,1-2H3/t6-,8-/m1/s1. The van der Waals surface area contributed by atoms with Crippen molar-refractivity contribution in [3.63, 3.8) is 0 Å². The summed E-state index contributed by atoms with van der Waals surface area (Å²) >= 11 is 0. The molecule has 1 heterocycles. The van der Waals surface area contributed by atoms with Gasteiger partial charge in [-0.2, -0.15) is 0 Å². The first-order valence-electron chi connectivity index (χ1n) is 4.60. The average Bonchev–Trinajstić information content (AvgIpc) is 2.28. The molecule has 1 aliphatic heterocycles. The van der Waals surface area contributed by atoms with Gasteiger partial charge in [-0.1, -0.05) is 13.8 Å². The minimum absolute atomic E-state index is 0.103. The lowest BCUT2D eigenvalue weighted by Crippen LogP contribution is -2.36.